The molecule has 1 aromatic carbocycles. The molecule has 0 saturated carbocycles. The second-order valence-electron chi connectivity index (χ2n) is 3.76. The van der Waals surface area contributed by atoms with Crippen LogP contribution in [0.15, 0.2) is 27.7 Å². The molecule has 0 saturated heterocycles. The van der Waals surface area contributed by atoms with E-state index in [2.05, 4.69) is 33.2 Å². The lowest BCUT2D eigenvalue weighted by atomic mass is 10.3. The zero-order valence-corrected chi connectivity index (χ0v) is 12.3. The number of hydrogen-bond acceptors (Lipinski definition) is 4. The molecule has 1 N–H and O–H groups in total. The molecule has 2 rings (SSSR count). The molecule has 5 heteroatoms. The molecular formula is C12H15BrN2OS. The maximum atomic E-state index is 5.21. The van der Waals surface area contributed by atoms with E-state index in [9.17, 15) is 0 Å². The molecule has 92 valence electrons. The number of amidine groups is 1. The Morgan fingerprint density at radius 1 is 1.59 bits per heavy atom. The SMILES string of the molecule is CCC1CN=C(Nc2cc(OC)ccc2Br)S1. The number of methoxy groups -OCH3 is 1. The first kappa shape index (κ1) is 12.8. The number of ether oxygens (including phenoxy) is 1. The van der Waals surface area contributed by atoms with Gasteiger partial charge in [-0.1, -0.05) is 18.7 Å². The fourth-order valence-corrected chi connectivity index (χ4v) is 2.84. The van der Waals surface area contributed by atoms with Crippen molar-refractivity contribution in [2.45, 2.75) is 18.6 Å². The monoisotopic (exact) mass is 314 g/mol. The van der Waals surface area contributed by atoms with Gasteiger partial charge in [-0.25, -0.2) is 0 Å². The van der Waals surface area contributed by atoms with Crippen molar-refractivity contribution in [2.24, 2.45) is 4.99 Å². The Labute approximate surface area is 114 Å². The highest BCUT2D eigenvalue weighted by molar-refractivity contribution is 9.10. The van der Waals surface area contributed by atoms with Gasteiger partial charge in [0.1, 0.15) is 5.75 Å². The van der Waals surface area contributed by atoms with Crippen LogP contribution >= 0.6 is 27.7 Å². The first-order chi connectivity index (χ1) is 8.22. The Morgan fingerprint density at radius 3 is 3.06 bits per heavy atom. The van der Waals surface area contributed by atoms with E-state index < -0.39 is 0 Å². The number of hydrogen-bond donors (Lipinski definition) is 1. The van der Waals surface area contributed by atoms with Crippen molar-refractivity contribution < 1.29 is 4.74 Å². The lowest BCUT2D eigenvalue weighted by Crippen LogP contribution is -2.07. The lowest BCUT2D eigenvalue weighted by molar-refractivity contribution is 0.415. The number of nitrogens with one attached hydrogen (secondary N) is 1. The number of benzene rings is 1. The second kappa shape index (κ2) is 5.78. The van der Waals surface area contributed by atoms with Crippen molar-refractivity contribution in [2.75, 3.05) is 19.0 Å². The summed E-state index contributed by atoms with van der Waals surface area (Å²) in [4.78, 5) is 4.49. The summed E-state index contributed by atoms with van der Waals surface area (Å²) in [6.45, 7) is 3.10. The van der Waals surface area contributed by atoms with Crippen molar-refractivity contribution >= 4 is 38.5 Å². The maximum Gasteiger partial charge on any atom is 0.161 e. The van der Waals surface area contributed by atoms with E-state index in [1.165, 1.54) is 0 Å². The number of halogens is 1. The molecule has 0 aromatic heterocycles. The highest BCUT2D eigenvalue weighted by Crippen LogP contribution is 2.30. The average Bonchev–Trinajstić information content (AvgIpc) is 2.80. The minimum absolute atomic E-state index is 0.613. The third-order valence-electron chi connectivity index (χ3n) is 2.59. The summed E-state index contributed by atoms with van der Waals surface area (Å²) in [5.41, 5.74) is 0.993. The molecule has 1 heterocycles. The van der Waals surface area contributed by atoms with Gasteiger partial charge < -0.3 is 10.1 Å². The standard InChI is InChI=1S/C12H15BrN2OS/c1-3-9-7-14-12(17-9)15-11-6-8(16-2)4-5-10(11)13/h4-6,9H,3,7H2,1-2H3,(H,14,15). The van der Waals surface area contributed by atoms with Crippen molar-refractivity contribution in [1.82, 2.24) is 0 Å². The van der Waals surface area contributed by atoms with Crippen molar-refractivity contribution in [3.8, 4) is 5.75 Å². The van der Waals surface area contributed by atoms with Gasteiger partial charge in [-0.15, -0.1) is 0 Å². The number of nitrogens with zero attached hydrogens (tertiary/aromatic N) is 1. The van der Waals surface area contributed by atoms with Crippen LogP contribution in [0, 0.1) is 0 Å². The van der Waals surface area contributed by atoms with Gasteiger partial charge in [0.05, 0.1) is 19.3 Å². The lowest BCUT2D eigenvalue weighted by Gasteiger charge is -2.10. The zero-order chi connectivity index (χ0) is 12.3. The van der Waals surface area contributed by atoms with Gasteiger partial charge in [0.2, 0.25) is 0 Å². The largest absolute Gasteiger partial charge is 0.497 e. The molecule has 3 nitrogen and oxygen atoms in total. The highest BCUT2D eigenvalue weighted by Gasteiger charge is 2.18. The van der Waals surface area contributed by atoms with E-state index in [0.29, 0.717) is 5.25 Å². The molecule has 1 aliphatic rings. The van der Waals surface area contributed by atoms with Gasteiger partial charge in [-0.2, -0.15) is 0 Å². The molecule has 0 radical (unpaired) electrons. The summed E-state index contributed by atoms with van der Waals surface area (Å²) in [5.74, 6) is 0.839. The molecule has 0 fully saturated rings. The Kier molecular flexibility index (Phi) is 4.34. The Balaban J connectivity index is 2.08. The molecule has 0 spiro atoms. The minimum Gasteiger partial charge on any atom is -0.497 e. The van der Waals surface area contributed by atoms with Gasteiger partial charge >= 0.3 is 0 Å². The Bertz CT molecular complexity index is 437. The van der Waals surface area contributed by atoms with Crippen LogP contribution in [-0.2, 0) is 0 Å². The summed E-state index contributed by atoms with van der Waals surface area (Å²) >= 11 is 5.32. The minimum atomic E-state index is 0.613. The van der Waals surface area contributed by atoms with Crippen molar-refractivity contribution in [3.63, 3.8) is 0 Å². The second-order valence-corrected chi connectivity index (χ2v) is 5.91. The zero-order valence-electron chi connectivity index (χ0n) is 9.87. The van der Waals surface area contributed by atoms with E-state index in [1.54, 1.807) is 18.9 Å². The van der Waals surface area contributed by atoms with Crippen LogP contribution in [0.4, 0.5) is 5.69 Å². The molecule has 0 amide bonds. The first-order valence-electron chi connectivity index (χ1n) is 5.54. The quantitative estimate of drug-likeness (QED) is 0.922. The summed E-state index contributed by atoms with van der Waals surface area (Å²) in [6, 6.07) is 5.86. The molecule has 0 bridgehead atoms. The van der Waals surface area contributed by atoms with Crippen LogP contribution in [0.2, 0.25) is 0 Å². The molecule has 1 aliphatic heterocycles. The predicted molar refractivity (Wildman–Crippen MR) is 78.3 cm³/mol. The van der Waals surface area contributed by atoms with Gasteiger partial charge in [-0.3, -0.25) is 4.99 Å². The van der Waals surface area contributed by atoms with Crippen LogP contribution in [-0.4, -0.2) is 24.1 Å². The number of rotatable bonds is 3. The highest BCUT2D eigenvalue weighted by atomic mass is 79.9. The molecule has 17 heavy (non-hydrogen) atoms. The van der Waals surface area contributed by atoms with Gasteiger partial charge in [0.15, 0.2) is 5.17 Å². The van der Waals surface area contributed by atoms with Crippen LogP contribution in [0.25, 0.3) is 0 Å². The summed E-state index contributed by atoms with van der Waals surface area (Å²) in [6.07, 6.45) is 1.15. The average molecular weight is 315 g/mol. The fourth-order valence-electron chi connectivity index (χ4n) is 1.54. The van der Waals surface area contributed by atoms with Crippen molar-refractivity contribution in [3.05, 3.63) is 22.7 Å². The summed E-state index contributed by atoms with van der Waals surface area (Å²) in [7, 11) is 1.67. The smallest absolute Gasteiger partial charge is 0.161 e. The molecule has 1 aromatic rings. The van der Waals surface area contributed by atoms with Gasteiger partial charge in [0, 0.05) is 15.8 Å². The first-order valence-corrected chi connectivity index (χ1v) is 7.22. The predicted octanol–water partition coefficient (Wildman–Crippen LogP) is 3.75. The number of anilines is 1. The summed E-state index contributed by atoms with van der Waals surface area (Å²) in [5, 5.41) is 4.94. The van der Waals surface area contributed by atoms with Crippen LogP contribution in [0.5, 0.6) is 5.75 Å². The molecule has 1 unspecified atom stereocenters. The Hall–Kier alpha value is -0.680. The van der Waals surface area contributed by atoms with Crippen LogP contribution < -0.4 is 10.1 Å². The van der Waals surface area contributed by atoms with E-state index >= 15 is 0 Å². The number of thioether (sulfide) groups is 1. The van der Waals surface area contributed by atoms with E-state index in [-0.39, 0.29) is 0 Å². The van der Waals surface area contributed by atoms with Crippen LogP contribution in [0.1, 0.15) is 13.3 Å². The fraction of sp³-hybridized carbons (Fsp3) is 0.417. The number of aliphatic imine (C=N–C) groups is 1. The maximum absolute atomic E-state index is 5.21. The topological polar surface area (TPSA) is 33.6 Å². The van der Waals surface area contributed by atoms with Crippen LogP contribution in [0.3, 0.4) is 0 Å². The van der Waals surface area contributed by atoms with Crippen molar-refractivity contribution in [1.29, 1.82) is 0 Å². The van der Waals surface area contributed by atoms with Gasteiger partial charge in [-0.05, 0) is 34.5 Å². The van der Waals surface area contributed by atoms with E-state index in [0.717, 1.165) is 34.0 Å². The summed E-state index contributed by atoms with van der Waals surface area (Å²) < 4.78 is 6.22. The van der Waals surface area contributed by atoms with E-state index in [1.807, 2.05) is 18.2 Å². The van der Waals surface area contributed by atoms with E-state index in [4.69, 9.17) is 4.74 Å². The third-order valence-corrected chi connectivity index (χ3v) is 4.55. The molecular weight excluding hydrogens is 300 g/mol. The molecule has 0 aliphatic carbocycles. The molecule has 1 atom stereocenters. The Morgan fingerprint density at radius 2 is 2.41 bits per heavy atom. The third kappa shape index (κ3) is 3.16. The normalized spacial score (nSPS) is 19.0. The van der Waals surface area contributed by atoms with Gasteiger partial charge in [0.25, 0.3) is 0 Å².